The lowest BCUT2D eigenvalue weighted by molar-refractivity contribution is 0.237. The molecule has 4 nitrogen and oxygen atoms in total. The summed E-state index contributed by atoms with van der Waals surface area (Å²) in [5.41, 5.74) is 0.766. The van der Waals surface area contributed by atoms with E-state index < -0.39 is 0 Å². The smallest absolute Gasteiger partial charge is 0.138 e. The molecule has 4 heteroatoms. The molecule has 18 heavy (non-hydrogen) atoms. The van der Waals surface area contributed by atoms with E-state index in [9.17, 15) is 0 Å². The van der Waals surface area contributed by atoms with Crippen molar-refractivity contribution in [1.82, 2.24) is 9.88 Å². The Bertz CT molecular complexity index is 431. The molecule has 2 rings (SSSR count). The van der Waals surface area contributed by atoms with E-state index in [0.29, 0.717) is 6.61 Å². The summed E-state index contributed by atoms with van der Waals surface area (Å²) in [5.74, 6) is 6.14. The van der Waals surface area contributed by atoms with Gasteiger partial charge in [-0.3, -0.25) is 9.88 Å². The zero-order chi connectivity index (χ0) is 12.6. The Balaban J connectivity index is 1.81. The molecule has 1 fully saturated rings. The highest BCUT2D eigenvalue weighted by molar-refractivity contribution is 5.36. The number of pyridine rings is 1. The second-order valence-electron chi connectivity index (χ2n) is 4.27. The molecule has 0 aromatic carbocycles. The van der Waals surface area contributed by atoms with Gasteiger partial charge in [-0.1, -0.05) is 11.8 Å². The number of hydrogen-bond donors (Lipinski definition) is 1. The highest BCUT2D eigenvalue weighted by atomic mass is 16.5. The molecule has 0 unspecified atom stereocenters. The third-order valence-corrected chi connectivity index (χ3v) is 2.90. The molecule has 0 bridgehead atoms. The lowest BCUT2D eigenvalue weighted by Gasteiger charge is -2.14. The zero-order valence-corrected chi connectivity index (χ0v) is 10.4. The molecular weight excluding hydrogens is 228 g/mol. The van der Waals surface area contributed by atoms with Crippen LogP contribution in [0.25, 0.3) is 0 Å². The van der Waals surface area contributed by atoms with Crippen LogP contribution in [0.15, 0.2) is 18.5 Å². The monoisotopic (exact) mass is 246 g/mol. The maximum Gasteiger partial charge on any atom is 0.138 e. The number of aliphatic hydroxyl groups is 1. The number of aliphatic hydroxyl groups excluding tert-OH is 1. The van der Waals surface area contributed by atoms with Crippen molar-refractivity contribution in [3.8, 4) is 17.6 Å². The number of rotatable bonds is 4. The van der Waals surface area contributed by atoms with Crippen LogP contribution in [0.3, 0.4) is 0 Å². The molecule has 0 aliphatic carbocycles. The van der Waals surface area contributed by atoms with Crippen LogP contribution in [0, 0.1) is 11.8 Å². The number of nitrogens with zero attached hydrogens (tertiary/aromatic N) is 2. The Hall–Kier alpha value is -1.57. The molecular formula is C14H18N2O2. The van der Waals surface area contributed by atoms with Gasteiger partial charge in [0, 0.05) is 18.3 Å². The standard InChI is InChI=1S/C14H18N2O2/c17-8-3-4-13-10-14(12-15-11-13)18-9-7-16-5-1-2-6-16/h10-12,17H,1-2,5-9H2. The predicted molar refractivity (Wildman–Crippen MR) is 69.4 cm³/mol. The minimum absolute atomic E-state index is 0.139. The fourth-order valence-corrected chi connectivity index (χ4v) is 2.01. The Labute approximate surface area is 108 Å². The third-order valence-electron chi connectivity index (χ3n) is 2.90. The summed E-state index contributed by atoms with van der Waals surface area (Å²) >= 11 is 0. The lowest BCUT2D eigenvalue weighted by Crippen LogP contribution is -2.25. The van der Waals surface area contributed by atoms with Crippen LogP contribution in [0.1, 0.15) is 18.4 Å². The van der Waals surface area contributed by atoms with Crippen molar-refractivity contribution in [2.45, 2.75) is 12.8 Å². The predicted octanol–water partition coefficient (Wildman–Crippen LogP) is 0.900. The first-order valence-electron chi connectivity index (χ1n) is 6.28. The number of likely N-dealkylation sites (tertiary alicyclic amines) is 1. The van der Waals surface area contributed by atoms with Crippen LogP contribution in [0.4, 0.5) is 0 Å². The van der Waals surface area contributed by atoms with Crippen molar-refractivity contribution >= 4 is 0 Å². The van der Waals surface area contributed by atoms with E-state index in [1.54, 1.807) is 12.4 Å². The number of hydrogen-bond acceptors (Lipinski definition) is 4. The molecule has 1 aliphatic rings. The molecule has 0 atom stereocenters. The van der Waals surface area contributed by atoms with E-state index in [4.69, 9.17) is 9.84 Å². The lowest BCUT2D eigenvalue weighted by atomic mass is 10.3. The fraction of sp³-hybridized carbons (Fsp3) is 0.500. The summed E-state index contributed by atoms with van der Waals surface area (Å²) in [7, 11) is 0. The normalized spacial score (nSPS) is 15.2. The molecule has 1 N–H and O–H groups in total. The van der Waals surface area contributed by atoms with Gasteiger partial charge in [0.25, 0.3) is 0 Å². The molecule has 0 radical (unpaired) electrons. The molecule has 0 saturated carbocycles. The Morgan fingerprint density at radius 2 is 2.17 bits per heavy atom. The summed E-state index contributed by atoms with van der Waals surface area (Å²) in [4.78, 5) is 6.47. The van der Waals surface area contributed by atoms with Crippen LogP contribution in [-0.2, 0) is 0 Å². The van der Waals surface area contributed by atoms with Crippen molar-refractivity contribution in [3.05, 3.63) is 24.0 Å². The van der Waals surface area contributed by atoms with Crippen LogP contribution >= 0.6 is 0 Å². The first-order chi connectivity index (χ1) is 8.88. The minimum atomic E-state index is -0.139. The highest BCUT2D eigenvalue weighted by Gasteiger charge is 2.10. The van der Waals surface area contributed by atoms with Crippen LogP contribution in [-0.4, -0.2) is 47.8 Å². The van der Waals surface area contributed by atoms with Gasteiger partial charge in [0.2, 0.25) is 0 Å². The molecule has 2 heterocycles. The van der Waals surface area contributed by atoms with Crippen molar-refractivity contribution in [2.75, 3.05) is 32.8 Å². The van der Waals surface area contributed by atoms with Gasteiger partial charge >= 0.3 is 0 Å². The van der Waals surface area contributed by atoms with E-state index in [1.165, 1.54) is 25.9 Å². The van der Waals surface area contributed by atoms with Gasteiger partial charge in [0.1, 0.15) is 19.0 Å². The van der Waals surface area contributed by atoms with Crippen molar-refractivity contribution < 1.29 is 9.84 Å². The summed E-state index contributed by atoms with van der Waals surface area (Å²) in [6, 6.07) is 1.85. The molecule has 1 aromatic rings. The van der Waals surface area contributed by atoms with E-state index >= 15 is 0 Å². The van der Waals surface area contributed by atoms with E-state index in [0.717, 1.165) is 17.9 Å². The first-order valence-corrected chi connectivity index (χ1v) is 6.28. The molecule has 1 saturated heterocycles. The Morgan fingerprint density at radius 1 is 1.33 bits per heavy atom. The minimum Gasteiger partial charge on any atom is -0.491 e. The average molecular weight is 246 g/mol. The van der Waals surface area contributed by atoms with Gasteiger partial charge in [-0.25, -0.2) is 0 Å². The number of ether oxygens (including phenoxy) is 1. The fourth-order valence-electron chi connectivity index (χ4n) is 2.01. The maximum absolute atomic E-state index is 8.63. The van der Waals surface area contributed by atoms with Gasteiger partial charge in [0.05, 0.1) is 6.20 Å². The van der Waals surface area contributed by atoms with E-state index in [1.807, 2.05) is 6.07 Å². The molecule has 96 valence electrons. The van der Waals surface area contributed by atoms with E-state index in [2.05, 4.69) is 21.7 Å². The topological polar surface area (TPSA) is 45.6 Å². The van der Waals surface area contributed by atoms with Gasteiger partial charge in [-0.15, -0.1) is 0 Å². The second kappa shape index (κ2) is 7.00. The summed E-state index contributed by atoms with van der Waals surface area (Å²) in [6.07, 6.45) is 5.95. The highest BCUT2D eigenvalue weighted by Crippen LogP contribution is 2.11. The second-order valence-corrected chi connectivity index (χ2v) is 4.27. The largest absolute Gasteiger partial charge is 0.491 e. The van der Waals surface area contributed by atoms with Crippen molar-refractivity contribution in [1.29, 1.82) is 0 Å². The maximum atomic E-state index is 8.63. The summed E-state index contributed by atoms with van der Waals surface area (Å²) in [6.45, 7) is 3.87. The van der Waals surface area contributed by atoms with Gasteiger partial charge < -0.3 is 9.84 Å². The quantitative estimate of drug-likeness (QED) is 0.802. The molecule has 0 spiro atoms. The van der Waals surface area contributed by atoms with Gasteiger partial charge in [-0.2, -0.15) is 0 Å². The first kappa shape index (κ1) is 12.9. The molecule has 0 amide bonds. The summed E-state index contributed by atoms with van der Waals surface area (Å²) in [5, 5.41) is 8.63. The van der Waals surface area contributed by atoms with Crippen LogP contribution in [0.2, 0.25) is 0 Å². The number of aromatic nitrogens is 1. The van der Waals surface area contributed by atoms with Crippen molar-refractivity contribution in [2.24, 2.45) is 0 Å². The van der Waals surface area contributed by atoms with Crippen LogP contribution < -0.4 is 4.74 Å². The Kier molecular flexibility index (Phi) is 5.00. The molecule has 1 aliphatic heterocycles. The summed E-state index contributed by atoms with van der Waals surface area (Å²) < 4.78 is 5.65. The van der Waals surface area contributed by atoms with Gasteiger partial charge in [0.15, 0.2) is 0 Å². The Morgan fingerprint density at radius 3 is 2.94 bits per heavy atom. The van der Waals surface area contributed by atoms with Crippen molar-refractivity contribution in [3.63, 3.8) is 0 Å². The zero-order valence-electron chi connectivity index (χ0n) is 10.4. The third kappa shape index (κ3) is 4.02. The SMILES string of the molecule is OCC#Cc1cncc(OCCN2CCCC2)c1. The van der Waals surface area contributed by atoms with Gasteiger partial charge in [-0.05, 0) is 32.0 Å². The van der Waals surface area contributed by atoms with Crippen LogP contribution in [0.5, 0.6) is 5.75 Å². The molecule has 1 aromatic heterocycles. The average Bonchev–Trinajstić information content (AvgIpc) is 2.90. The van der Waals surface area contributed by atoms with E-state index in [-0.39, 0.29) is 6.61 Å².